The van der Waals surface area contributed by atoms with Gasteiger partial charge in [0.25, 0.3) is 0 Å². The van der Waals surface area contributed by atoms with E-state index in [2.05, 4.69) is 10.1 Å². The highest BCUT2D eigenvalue weighted by atomic mass is 32.2. The molecule has 7 heteroatoms. The fraction of sp³-hybridized carbons (Fsp3) is 0.778. The lowest BCUT2D eigenvalue weighted by molar-refractivity contribution is 0.510. The van der Waals surface area contributed by atoms with Crippen molar-refractivity contribution in [2.45, 2.75) is 38.6 Å². The third-order valence-corrected chi connectivity index (χ3v) is 3.73. The Balaban J connectivity index is 2.84. The summed E-state index contributed by atoms with van der Waals surface area (Å²) in [5.74, 6) is 0.334. The summed E-state index contributed by atoms with van der Waals surface area (Å²) in [4.78, 5) is 3.96. The average Bonchev–Trinajstić information content (AvgIpc) is 2.48. The first-order valence-corrected chi connectivity index (χ1v) is 6.98. The van der Waals surface area contributed by atoms with Crippen molar-refractivity contribution in [1.29, 1.82) is 0 Å². The first-order valence-electron chi connectivity index (χ1n) is 5.16. The summed E-state index contributed by atoms with van der Waals surface area (Å²) in [6, 6.07) is -0.261. The van der Waals surface area contributed by atoms with Gasteiger partial charge in [0.15, 0.2) is 9.84 Å². The standard InChI is InChI=1S/C9H18N4O2S/c1-7(2)13-9(11-6-12-13)5-16(14,15)4-8(3)10/h6-8H,4-5,10H2,1-3H3. The molecule has 0 aliphatic rings. The predicted octanol–water partition coefficient (Wildman–Crippen LogP) is 0.121. The maximum absolute atomic E-state index is 11.7. The molecule has 1 heterocycles. The van der Waals surface area contributed by atoms with Gasteiger partial charge in [-0.3, -0.25) is 0 Å². The molecule has 1 unspecified atom stereocenters. The lowest BCUT2D eigenvalue weighted by Gasteiger charge is -2.10. The van der Waals surface area contributed by atoms with Gasteiger partial charge in [-0.2, -0.15) is 5.10 Å². The Morgan fingerprint density at radius 3 is 2.56 bits per heavy atom. The molecule has 1 aromatic rings. The van der Waals surface area contributed by atoms with Crippen LogP contribution < -0.4 is 5.73 Å². The molecule has 1 aromatic heterocycles. The number of sulfone groups is 1. The number of nitrogens with zero attached hydrogens (tertiary/aromatic N) is 3. The van der Waals surface area contributed by atoms with E-state index in [4.69, 9.17) is 5.73 Å². The molecule has 0 amide bonds. The van der Waals surface area contributed by atoms with Crippen LogP contribution in [0.3, 0.4) is 0 Å². The SMILES string of the molecule is CC(N)CS(=O)(=O)Cc1ncnn1C(C)C. The van der Waals surface area contributed by atoms with Crippen LogP contribution in [0, 0.1) is 0 Å². The van der Waals surface area contributed by atoms with Gasteiger partial charge in [-0.05, 0) is 20.8 Å². The van der Waals surface area contributed by atoms with Crippen LogP contribution in [0.5, 0.6) is 0 Å². The van der Waals surface area contributed by atoms with E-state index in [9.17, 15) is 8.42 Å². The van der Waals surface area contributed by atoms with Gasteiger partial charge in [-0.1, -0.05) is 0 Å². The Morgan fingerprint density at radius 2 is 2.06 bits per heavy atom. The summed E-state index contributed by atoms with van der Waals surface area (Å²) in [5, 5.41) is 3.99. The van der Waals surface area contributed by atoms with E-state index in [-0.39, 0.29) is 23.6 Å². The smallest absolute Gasteiger partial charge is 0.159 e. The summed E-state index contributed by atoms with van der Waals surface area (Å²) in [6.45, 7) is 5.53. The molecule has 16 heavy (non-hydrogen) atoms. The molecular weight excluding hydrogens is 228 g/mol. The second-order valence-electron chi connectivity index (χ2n) is 4.25. The first-order chi connectivity index (χ1) is 7.32. The molecule has 1 rings (SSSR count). The zero-order valence-electron chi connectivity index (χ0n) is 9.79. The minimum Gasteiger partial charge on any atom is -0.327 e. The Hall–Kier alpha value is -0.950. The number of hydrogen-bond donors (Lipinski definition) is 1. The third-order valence-electron chi connectivity index (χ3n) is 2.00. The van der Waals surface area contributed by atoms with Gasteiger partial charge in [0.2, 0.25) is 0 Å². The highest BCUT2D eigenvalue weighted by Gasteiger charge is 2.19. The summed E-state index contributed by atoms with van der Waals surface area (Å²) >= 11 is 0. The number of nitrogens with two attached hydrogens (primary N) is 1. The van der Waals surface area contributed by atoms with E-state index in [1.54, 1.807) is 11.6 Å². The molecular formula is C9H18N4O2S. The van der Waals surface area contributed by atoms with Crippen molar-refractivity contribution < 1.29 is 8.42 Å². The minimum atomic E-state index is -3.21. The molecule has 0 bridgehead atoms. The van der Waals surface area contributed by atoms with Gasteiger partial charge in [-0.15, -0.1) is 0 Å². The number of rotatable bonds is 5. The normalized spacial score (nSPS) is 14.3. The predicted molar refractivity (Wildman–Crippen MR) is 61.5 cm³/mol. The fourth-order valence-corrected chi connectivity index (χ4v) is 2.98. The number of hydrogen-bond acceptors (Lipinski definition) is 5. The van der Waals surface area contributed by atoms with E-state index in [1.807, 2.05) is 13.8 Å². The monoisotopic (exact) mass is 246 g/mol. The second-order valence-corrected chi connectivity index (χ2v) is 6.36. The summed E-state index contributed by atoms with van der Waals surface area (Å²) in [6.07, 6.45) is 1.37. The van der Waals surface area contributed by atoms with E-state index in [0.717, 1.165) is 0 Å². The molecule has 0 fully saturated rings. The van der Waals surface area contributed by atoms with Gasteiger partial charge in [0.05, 0.1) is 5.75 Å². The molecule has 0 spiro atoms. The van der Waals surface area contributed by atoms with Crippen molar-refractivity contribution in [3.05, 3.63) is 12.2 Å². The van der Waals surface area contributed by atoms with Crippen LogP contribution >= 0.6 is 0 Å². The van der Waals surface area contributed by atoms with E-state index in [0.29, 0.717) is 5.82 Å². The van der Waals surface area contributed by atoms with Gasteiger partial charge in [0.1, 0.15) is 17.9 Å². The Morgan fingerprint density at radius 1 is 1.44 bits per heavy atom. The zero-order chi connectivity index (χ0) is 12.3. The molecule has 6 nitrogen and oxygen atoms in total. The average molecular weight is 246 g/mol. The van der Waals surface area contributed by atoms with Crippen LogP contribution in [-0.2, 0) is 15.6 Å². The molecule has 0 aliphatic carbocycles. The van der Waals surface area contributed by atoms with Crippen molar-refractivity contribution in [3.8, 4) is 0 Å². The van der Waals surface area contributed by atoms with E-state index >= 15 is 0 Å². The molecule has 0 saturated heterocycles. The molecule has 92 valence electrons. The topological polar surface area (TPSA) is 90.9 Å². The highest BCUT2D eigenvalue weighted by molar-refractivity contribution is 7.90. The molecule has 2 N–H and O–H groups in total. The Kier molecular flexibility index (Phi) is 4.03. The van der Waals surface area contributed by atoms with Gasteiger partial charge in [0, 0.05) is 12.1 Å². The molecule has 1 atom stereocenters. The molecule has 0 aliphatic heterocycles. The van der Waals surface area contributed by atoms with Crippen molar-refractivity contribution in [1.82, 2.24) is 14.8 Å². The van der Waals surface area contributed by atoms with E-state index in [1.165, 1.54) is 6.33 Å². The molecule has 0 aromatic carbocycles. The molecule has 0 saturated carbocycles. The number of aromatic nitrogens is 3. The quantitative estimate of drug-likeness (QED) is 0.797. The minimum absolute atomic E-state index is 0.0298. The lowest BCUT2D eigenvalue weighted by atomic mass is 10.4. The highest BCUT2D eigenvalue weighted by Crippen LogP contribution is 2.09. The summed E-state index contributed by atoms with van der Waals surface area (Å²) in [7, 11) is -3.21. The Labute approximate surface area is 95.8 Å². The third kappa shape index (κ3) is 3.57. The fourth-order valence-electron chi connectivity index (χ4n) is 1.46. The van der Waals surface area contributed by atoms with Crippen LogP contribution in [0.4, 0.5) is 0 Å². The summed E-state index contributed by atoms with van der Waals surface area (Å²) in [5.41, 5.74) is 5.48. The van der Waals surface area contributed by atoms with Gasteiger partial charge >= 0.3 is 0 Å². The largest absolute Gasteiger partial charge is 0.327 e. The van der Waals surface area contributed by atoms with Crippen LogP contribution in [-0.4, -0.2) is 35.0 Å². The molecule has 0 radical (unpaired) electrons. The van der Waals surface area contributed by atoms with Crippen LogP contribution in [0.25, 0.3) is 0 Å². The van der Waals surface area contributed by atoms with Crippen molar-refractivity contribution in [2.75, 3.05) is 5.75 Å². The summed E-state index contributed by atoms with van der Waals surface area (Å²) < 4.78 is 25.1. The lowest BCUT2D eigenvalue weighted by Crippen LogP contribution is -2.27. The van der Waals surface area contributed by atoms with Crippen molar-refractivity contribution in [3.63, 3.8) is 0 Å². The van der Waals surface area contributed by atoms with E-state index < -0.39 is 9.84 Å². The van der Waals surface area contributed by atoms with Crippen LogP contribution in [0.15, 0.2) is 6.33 Å². The van der Waals surface area contributed by atoms with Crippen molar-refractivity contribution in [2.24, 2.45) is 5.73 Å². The van der Waals surface area contributed by atoms with Gasteiger partial charge < -0.3 is 5.73 Å². The van der Waals surface area contributed by atoms with Crippen molar-refractivity contribution >= 4 is 9.84 Å². The maximum atomic E-state index is 11.7. The maximum Gasteiger partial charge on any atom is 0.159 e. The van der Waals surface area contributed by atoms with Crippen LogP contribution in [0.1, 0.15) is 32.6 Å². The van der Waals surface area contributed by atoms with Gasteiger partial charge in [-0.25, -0.2) is 18.1 Å². The second kappa shape index (κ2) is 4.92. The zero-order valence-corrected chi connectivity index (χ0v) is 10.6. The van der Waals surface area contributed by atoms with Crippen LogP contribution in [0.2, 0.25) is 0 Å². The Bertz CT molecular complexity index is 436. The first kappa shape index (κ1) is 13.1.